The molecule has 12 heavy (non-hydrogen) atoms. The summed E-state index contributed by atoms with van der Waals surface area (Å²) in [6.45, 7) is 3.21. The fraction of sp³-hybridized carbons (Fsp3) is 0.500. The molecule has 0 aliphatic carbocycles. The van der Waals surface area contributed by atoms with E-state index in [9.17, 15) is 0 Å². The van der Waals surface area contributed by atoms with Gasteiger partial charge in [0.1, 0.15) is 5.82 Å². The molecule has 1 aromatic heterocycles. The summed E-state index contributed by atoms with van der Waals surface area (Å²) in [5.41, 5.74) is 6.09. The van der Waals surface area contributed by atoms with Crippen molar-refractivity contribution in [2.45, 2.75) is 13.0 Å². The molecule has 0 atom stereocenters. The highest BCUT2D eigenvalue weighted by molar-refractivity contribution is 5.30. The molecule has 0 saturated carbocycles. The first-order valence-electron chi connectivity index (χ1n) is 4.13. The first-order valence-corrected chi connectivity index (χ1v) is 4.13. The second-order valence-corrected chi connectivity index (χ2v) is 3.06. The average Bonchev–Trinajstić information content (AvgIpc) is 2.00. The van der Waals surface area contributed by atoms with Gasteiger partial charge in [-0.1, -0.05) is 0 Å². The first kappa shape index (κ1) is 7.49. The molecule has 0 unspecified atom stereocenters. The summed E-state index contributed by atoms with van der Waals surface area (Å²) in [6, 6.07) is 0. The van der Waals surface area contributed by atoms with Crippen molar-refractivity contribution in [3.05, 3.63) is 18.2 Å². The predicted molar refractivity (Wildman–Crippen MR) is 46.3 cm³/mol. The first-order chi connectivity index (χ1) is 5.84. The molecule has 4 nitrogen and oxygen atoms in total. The summed E-state index contributed by atoms with van der Waals surface area (Å²) in [4.78, 5) is 10.6. The minimum atomic E-state index is 0.627. The van der Waals surface area contributed by atoms with Crippen LogP contribution in [0.3, 0.4) is 0 Å². The molecule has 1 aliphatic heterocycles. The summed E-state index contributed by atoms with van der Waals surface area (Å²) >= 11 is 0. The minimum absolute atomic E-state index is 0.627. The smallest absolute Gasteiger partial charge is 0.142 e. The molecule has 0 bridgehead atoms. The maximum absolute atomic E-state index is 5.47. The number of hydrogen-bond acceptors (Lipinski definition) is 4. The van der Waals surface area contributed by atoms with Gasteiger partial charge in [0.15, 0.2) is 0 Å². The van der Waals surface area contributed by atoms with Crippen LogP contribution in [-0.2, 0) is 6.54 Å². The van der Waals surface area contributed by atoms with Crippen molar-refractivity contribution in [3.63, 3.8) is 0 Å². The molecule has 2 heterocycles. The Morgan fingerprint density at radius 1 is 1.33 bits per heavy atom. The van der Waals surface area contributed by atoms with Crippen LogP contribution in [0.25, 0.3) is 0 Å². The second kappa shape index (κ2) is 3.06. The zero-order chi connectivity index (χ0) is 8.39. The quantitative estimate of drug-likeness (QED) is 0.681. The van der Waals surface area contributed by atoms with E-state index >= 15 is 0 Å². The van der Waals surface area contributed by atoms with Crippen LogP contribution >= 0.6 is 0 Å². The van der Waals surface area contributed by atoms with E-state index in [1.165, 1.54) is 19.5 Å². The molecule has 64 valence electrons. The number of aromatic nitrogens is 2. The molecule has 0 spiro atoms. The van der Waals surface area contributed by atoms with E-state index in [0.717, 1.165) is 12.4 Å². The Kier molecular flexibility index (Phi) is 1.91. The van der Waals surface area contributed by atoms with Crippen molar-refractivity contribution in [2.24, 2.45) is 0 Å². The summed E-state index contributed by atoms with van der Waals surface area (Å²) < 4.78 is 0. The Morgan fingerprint density at radius 2 is 2.00 bits per heavy atom. The lowest BCUT2D eigenvalue weighted by atomic mass is 10.2. The van der Waals surface area contributed by atoms with E-state index in [1.54, 1.807) is 12.4 Å². The molecule has 2 N–H and O–H groups in total. The maximum Gasteiger partial charge on any atom is 0.142 e. The summed E-state index contributed by atoms with van der Waals surface area (Å²) in [5.74, 6) is 0.865. The highest BCUT2D eigenvalue weighted by Crippen LogP contribution is 2.09. The Morgan fingerprint density at radius 3 is 2.50 bits per heavy atom. The summed E-state index contributed by atoms with van der Waals surface area (Å²) in [6.07, 6.45) is 4.61. The number of nitrogens with zero attached hydrogens (tertiary/aromatic N) is 3. The van der Waals surface area contributed by atoms with Crippen molar-refractivity contribution in [1.29, 1.82) is 0 Å². The van der Waals surface area contributed by atoms with Crippen LogP contribution in [-0.4, -0.2) is 28.0 Å². The predicted octanol–water partition coefficient (Wildman–Crippen LogP) is 0.264. The Hall–Kier alpha value is -1.16. The third kappa shape index (κ3) is 1.53. The van der Waals surface area contributed by atoms with Gasteiger partial charge in [0.25, 0.3) is 0 Å². The standard InChI is InChI=1S/C8H12N4/c9-7-4-10-8(11-5-7)6-12-2-1-3-12/h4-5H,1-3,6,9H2. The molecule has 0 aromatic carbocycles. The van der Waals surface area contributed by atoms with Gasteiger partial charge in [-0.2, -0.15) is 0 Å². The molecule has 1 aromatic rings. The summed E-state index contributed by atoms with van der Waals surface area (Å²) in [5, 5.41) is 0. The number of hydrogen-bond donors (Lipinski definition) is 1. The second-order valence-electron chi connectivity index (χ2n) is 3.06. The van der Waals surface area contributed by atoms with Gasteiger partial charge in [0, 0.05) is 0 Å². The van der Waals surface area contributed by atoms with Crippen LogP contribution in [0.15, 0.2) is 12.4 Å². The zero-order valence-electron chi connectivity index (χ0n) is 6.90. The van der Waals surface area contributed by atoms with Gasteiger partial charge in [-0.05, 0) is 19.5 Å². The van der Waals surface area contributed by atoms with Crippen molar-refractivity contribution in [1.82, 2.24) is 14.9 Å². The van der Waals surface area contributed by atoms with Crippen LogP contribution in [0.2, 0.25) is 0 Å². The largest absolute Gasteiger partial charge is 0.396 e. The number of rotatable bonds is 2. The SMILES string of the molecule is Nc1cnc(CN2CCC2)nc1. The molecule has 1 saturated heterocycles. The Labute approximate surface area is 71.4 Å². The zero-order valence-corrected chi connectivity index (χ0v) is 6.90. The van der Waals surface area contributed by atoms with Crippen LogP contribution in [0.4, 0.5) is 5.69 Å². The molecule has 0 radical (unpaired) electrons. The summed E-state index contributed by atoms with van der Waals surface area (Å²) in [7, 11) is 0. The highest BCUT2D eigenvalue weighted by atomic mass is 15.2. The van der Waals surface area contributed by atoms with Crippen molar-refractivity contribution in [3.8, 4) is 0 Å². The van der Waals surface area contributed by atoms with Crippen molar-refractivity contribution >= 4 is 5.69 Å². The van der Waals surface area contributed by atoms with Gasteiger partial charge in [-0.25, -0.2) is 9.97 Å². The Bertz CT molecular complexity index is 252. The van der Waals surface area contributed by atoms with Crippen LogP contribution < -0.4 is 5.73 Å². The fourth-order valence-corrected chi connectivity index (χ4v) is 1.19. The monoisotopic (exact) mass is 164 g/mol. The van der Waals surface area contributed by atoms with Gasteiger partial charge in [-0.3, -0.25) is 4.90 Å². The average molecular weight is 164 g/mol. The topological polar surface area (TPSA) is 55.0 Å². The molecule has 2 rings (SSSR count). The molecule has 0 amide bonds. The molecular weight excluding hydrogens is 152 g/mol. The molecule has 4 heteroatoms. The lowest BCUT2D eigenvalue weighted by Gasteiger charge is -2.29. The van der Waals surface area contributed by atoms with Gasteiger partial charge < -0.3 is 5.73 Å². The lowest BCUT2D eigenvalue weighted by Crippen LogP contribution is -2.36. The molecule has 1 fully saturated rings. The van der Waals surface area contributed by atoms with Gasteiger partial charge >= 0.3 is 0 Å². The highest BCUT2D eigenvalue weighted by Gasteiger charge is 2.14. The van der Waals surface area contributed by atoms with E-state index in [1.807, 2.05) is 0 Å². The fourth-order valence-electron chi connectivity index (χ4n) is 1.19. The number of anilines is 1. The van der Waals surface area contributed by atoms with Gasteiger partial charge in [-0.15, -0.1) is 0 Å². The van der Waals surface area contributed by atoms with Crippen molar-refractivity contribution in [2.75, 3.05) is 18.8 Å². The number of nitrogens with two attached hydrogens (primary N) is 1. The number of likely N-dealkylation sites (tertiary alicyclic amines) is 1. The van der Waals surface area contributed by atoms with E-state index in [0.29, 0.717) is 5.69 Å². The maximum atomic E-state index is 5.47. The van der Waals surface area contributed by atoms with Crippen LogP contribution in [0.5, 0.6) is 0 Å². The third-order valence-electron chi connectivity index (χ3n) is 2.04. The number of nitrogen functional groups attached to an aromatic ring is 1. The minimum Gasteiger partial charge on any atom is -0.396 e. The Balaban J connectivity index is 1.98. The van der Waals surface area contributed by atoms with E-state index < -0.39 is 0 Å². The van der Waals surface area contributed by atoms with E-state index in [2.05, 4.69) is 14.9 Å². The molecule has 1 aliphatic rings. The third-order valence-corrected chi connectivity index (χ3v) is 2.04. The molecular formula is C8H12N4. The van der Waals surface area contributed by atoms with E-state index in [4.69, 9.17) is 5.73 Å². The van der Waals surface area contributed by atoms with Gasteiger partial charge in [0.2, 0.25) is 0 Å². The van der Waals surface area contributed by atoms with Crippen LogP contribution in [0, 0.1) is 0 Å². The van der Waals surface area contributed by atoms with E-state index in [-0.39, 0.29) is 0 Å². The normalized spacial score (nSPS) is 17.3. The van der Waals surface area contributed by atoms with Crippen LogP contribution in [0.1, 0.15) is 12.2 Å². The lowest BCUT2D eigenvalue weighted by molar-refractivity contribution is 0.168. The van der Waals surface area contributed by atoms with Crippen molar-refractivity contribution < 1.29 is 0 Å². The van der Waals surface area contributed by atoms with Gasteiger partial charge in [0.05, 0.1) is 24.6 Å².